The smallest absolute Gasteiger partial charge is 0.265 e. The Morgan fingerprint density at radius 2 is 1.95 bits per heavy atom. The Hall–Kier alpha value is -2.82. The summed E-state index contributed by atoms with van der Waals surface area (Å²) in [6, 6.07) is 12.4. The minimum atomic E-state index is -0.272. The number of aryl methyl sites for hydroxylation is 1. The lowest BCUT2D eigenvalue weighted by Crippen LogP contribution is -2.42. The second kappa shape index (κ2) is 5.52. The first-order valence-corrected chi connectivity index (χ1v) is 6.98. The number of ether oxygens (including phenoxy) is 1. The van der Waals surface area contributed by atoms with Gasteiger partial charge in [-0.05, 0) is 19.1 Å². The third kappa shape index (κ3) is 2.53. The number of para-hydroxylation sites is 1. The molecule has 0 atom stereocenters. The summed E-state index contributed by atoms with van der Waals surface area (Å²) in [5.74, 6) is 0.117. The number of amides is 1. The van der Waals surface area contributed by atoms with Gasteiger partial charge in [0.15, 0.2) is 12.4 Å². The van der Waals surface area contributed by atoms with E-state index >= 15 is 0 Å². The Morgan fingerprint density at radius 3 is 2.68 bits per heavy atom. The molecule has 5 nitrogen and oxygen atoms in total. The topological polar surface area (TPSA) is 72.6 Å². The SMILES string of the molecule is Cc1ccc(C(=O)CN2C(=O)COc3cccc(N)c32)cc1. The van der Waals surface area contributed by atoms with Gasteiger partial charge in [0, 0.05) is 5.56 Å². The second-order valence-electron chi connectivity index (χ2n) is 5.25. The molecule has 2 aromatic carbocycles. The second-order valence-corrected chi connectivity index (χ2v) is 5.25. The molecule has 0 aromatic heterocycles. The average Bonchev–Trinajstić information content (AvgIpc) is 2.51. The van der Waals surface area contributed by atoms with Crippen molar-refractivity contribution in [1.82, 2.24) is 0 Å². The third-order valence-electron chi connectivity index (χ3n) is 3.63. The number of rotatable bonds is 3. The summed E-state index contributed by atoms with van der Waals surface area (Å²) >= 11 is 0. The van der Waals surface area contributed by atoms with Crippen LogP contribution >= 0.6 is 0 Å². The zero-order valence-electron chi connectivity index (χ0n) is 12.2. The van der Waals surface area contributed by atoms with Gasteiger partial charge < -0.3 is 10.5 Å². The highest BCUT2D eigenvalue weighted by atomic mass is 16.5. The van der Waals surface area contributed by atoms with E-state index in [1.807, 2.05) is 19.1 Å². The van der Waals surface area contributed by atoms with E-state index in [1.54, 1.807) is 30.3 Å². The number of carbonyl (C=O) groups is 2. The zero-order chi connectivity index (χ0) is 15.7. The molecule has 2 aromatic rings. The van der Waals surface area contributed by atoms with Crippen LogP contribution in [0, 0.1) is 6.92 Å². The van der Waals surface area contributed by atoms with Crippen molar-refractivity contribution in [1.29, 1.82) is 0 Å². The number of hydrogen-bond acceptors (Lipinski definition) is 4. The van der Waals surface area contributed by atoms with Crippen LogP contribution in [-0.4, -0.2) is 24.8 Å². The minimum absolute atomic E-state index is 0.0491. The van der Waals surface area contributed by atoms with Gasteiger partial charge in [0.2, 0.25) is 0 Å². The molecular weight excluding hydrogens is 280 g/mol. The van der Waals surface area contributed by atoms with Crippen LogP contribution < -0.4 is 15.4 Å². The number of hydrogen-bond donors (Lipinski definition) is 1. The number of nitrogen functional groups attached to an aromatic ring is 1. The number of Topliss-reactive ketones (excluding diaryl/α,β-unsaturated/α-hetero) is 1. The van der Waals surface area contributed by atoms with Gasteiger partial charge in [0.05, 0.1) is 12.2 Å². The van der Waals surface area contributed by atoms with Gasteiger partial charge in [-0.2, -0.15) is 0 Å². The van der Waals surface area contributed by atoms with E-state index in [1.165, 1.54) is 4.90 Å². The van der Waals surface area contributed by atoms with E-state index in [-0.39, 0.29) is 24.8 Å². The highest BCUT2D eigenvalue weighted by Crippen LogP contribution is 2.37. The highest BCUT2D eigenvalue weighted by molar-refractivity contribution is 6.08. The normalized spacial score (nSPS) is 13.5. The Bertz CT molecular complexity index is 738. The van der Waals surface area contributed by atoms with Crippen molar-refractivity contribution in [2.75, 3.05) is 23.8 Å². The molecule has 0 fully saturated rings. The number of ketones is 1. The van der Waals surface area contributed by atoms with Gasteiger partial charge in [-0.1, -0.05) is 35.9 Å². The molecule has 2 N–H and O–H groups in total. The van der Waals surface area contributed by atoms with E-state index in [0.717, 1.165) is 5.56 Å². The first kappa shape index (κ1) is 14.1. The van der Waals surface area contributed by atoms with Crippen LogP contribution in [0.25, 0.3) is 0 Å². The number of carbonyl (C=O) groups excluding carboxylic acids is 2. The van der Waals surface area contributed by atoms with Crippen LogP contribution in [0.2, 0.25) is 0 Å². The predicted molar refractivity (Wildman–Crippen MR) is 84.2 cm³/mol. The van der Waals surface area contributed by atoms with Crippen LogP contribution in [0.5, 0.6) is 5.75 Å². The minimum Gasteiger partial charge on any atom is -0.481 e. The lowest BCUT2D eigenvalue weighted by Gasteiger charge is -2.29. The van der Waals surface area contributed by atoms with Gasteiger partial charge in [-0.25, -0.2) is 0 Å². The summed E-state index contributed by atoms with van der Waals surface area (Å²) in [6.45, 7) is 1.82. The van der Waals surface area contributed by atoms with E-state index < -0.39 is 0 Å². The van der Waals surface area contributed by atoms with Gasteiger partial charge in [0.1, 0.15) is 11.4 Å². The summed E-state index contributed by atoms with van der Waals surface area (Å²) in [6.07, 6.45) is 0. The van der Waals surface area contributed by atoms with Crippen molar-refractivity contribution >= 4 is 23.1 Å². The molecule has 0 saturated carbocycles. The average molecular weight is 296 g/mol. The van der Waals surface area contributed by atoms with Crippen molar-refractivity contribution in [2.24, 2.45) is 0 Å². The van der Waals surface area contributed by atoms with Crippen LogP contribution in [-0.2, 0) is 4.79 Å². The van der Waals surface area contributed by atoms with Crippen molar-refractivity contribution < 1.29 is 14.3 Å². The molecule has 0 unspecified atom stereocenters. The first-order valence-electron chi connectivity index (χ1n) is 6.98. The molecule has 1 aliphatic rings. The Kier molecular flexibility index (Phi) is 3.55. The Balaban J connectivity index is 1.90. The summed E-state index contributed by atoms with van der Waals surface area (Å²) in [5.41, 5.74) is 8.48. The van der Waals surface area contributed by atoms with Gasteiger partial charge in [-0.3, -0.25) is 14.5 Å². The van der Waals surface area contributed by atoms with Crippen LogP contribution in [0.1, 0.15) is 15.9 Å². The lowest BCUT2D eigenvalue weighted by atomic mass is 10.1. The van der Waals surface area contributed by atoms with E-state index in [0.29, 0.717) is 22.7 Å². The summed E-state index contributed by atoms with van der Waals surface area (Å²) in [7, 11) is 0. The number of benzene rings is 2. The van der Waals surface area contributed by atoms with Gasteiger partial charge >= 0.3 is 0 Å². The molecular formula is C17H16N2O3. The largest absolute Gasteiger partial charge is 0.481 e. The van der Waals surface area contributed by atoms with Crippen LogP contribution in [0.15, 0.2) is 42.5 Å². The molecule has 1 amide bonds. The number of nitrogens with two attached hydrogens (primary N) is 1. The lowest BCUT2D eigenvalue weighted by molar-refractivity contribution is -0.121. The van der Waals surface area contributed by atoms with Crippen molar-refractivity contribution in [3.05, 3.63) is 53.6 Å². The molecule has 22 heavy (non-hydrogen) atoms. The number of anilines is 2. The van der Waals surface area contributed by atoms with E-state index in [9.17, 15) is 9.59 Å². The van der Waals surface area contributed by atoms with Crippen LogP contribution in [0.4, 0.5) is 11.4 Å². The summed E-state index contributed by atoms with van der Waals surface area (Å²) < 4.78 is 5.37. The van der Waals surface area contributed by atoms with E-state index in [2.05, 4.69) is 0 Å². The van der Waals surface area contributed by atoms with Crippen molar-refractivity contribution in [2.45, 2.75) is 6.92 Å². The zero-order valence-corrected chi connectivity index (χ0v) is 12.2. The number of nitrogens with zero attached hydrogens (tertiary/aromatic N) is 1. The standard InChI is InChI=1S/C17H16N2O3/c1-11-5-7-12(8-6-11)14(20)9-19-16(21)10-22-15-4-2-3-13(18)17(15)19/h2-8H,9-10,18H2,1H3. The van der Waals surface area contributed by atoms with Gasteiger partial charge in [0.25, 0.3) is 5.91 Å². The molecule has 3 rings (SSSR count). The molecule has 1 heterocycles. The molecule has 5 heteroatoms. The fraction of sp³-hybridized carbons (Fsp3) is 0.176. The third-order valence-corrected chi connectivity index (χ3v) is 3.63. The van der Waals surface area contributed by atoms with Crippen molar-refractivity contribution in [3.8, 4) is 5.75 Å². The van der Waals surface area contributed by atoms with Gasteiger partial charge in [-0.15, -0.1) is 0 Å². The molecule has 0 bridgehead atoms. The quantitative estimate of drug-likeness (QED) is 0.696. The fourth-order valence-electron chi connectivity index (χ4n) is 2.43. The maximum Gasteiger partial charge on any atom is 0.265 e. The molecule has 112 valence electrons. The summed E-state index contributed by atoms with van der Waals surface area (Å²) in [5, 5.41) is 0. The molecule has 0 aliphatic carbocycles. The Morgan fingerprint density at radius 1 is 1.23 bits per heavy atom. The molecule has 0 saturated heterocycles. The van der Waals surface area contributed by atoms with Crippen molar-refractivity contribution in [3.63, 3.8) is 0 Å². The highest BCUT2D eigenvalue weighted by Gasteiger charge is 2.29. The predicted octanol–water partition coefficient (Wildman–Crippen LogP) is 2.19. The maximum atomic E-state index is 12.4. The van der Waals surface area contributed by atoms with Crippen LogP contribution in [0.3, 0.4) is 0 Å². The molecule has 0 radical (unpaired) electrons. The molecule has 0 spiro atoms. The maximum absolute atomic E-state index is 12.4. The van der Waals surface area contributed by atoms with E-state index in [4.69, 9.17) is 10.5 Å². The number of fused-ring (bicyclic) bond motifs is 1. The molecule has 1 aliphatic heterocycles. The monoisotopic (exact) mass is 296 g/mol. The first-order chi connectivity index (χ1) is 10.6. The fourth-order valence-corrected chi connectivity index (χ4v) is 2.43. The summed E-state index contributed by atoms with van der Waals surface area (Å²) in [4.78, 5) is 25.9. The Labute approximate surface area is 128 Å².